The molecule has 4 aliphatic carbocycles. The van der Waals surface area contributed by atoms with Gasteiger partial charge in [-0.15, -0.1) is 0 Å². The second-order valence-corrected chi connectivity index (χ2v) is 10.8. The summed E-state index contributed by atoms with van der Waals surface area (Å²) in [7, 11) is -3.95. The largest absolute Gasteiger partial charge is 1.00 e. The van der Waals surface area contributed by atoms with Crippen molar-refractivity contribution >= 4 is 15.9 Å². The van der Waals surface area contributed by atoms with Crippen molar-refractivity contribution in [3.63, 3.8) is 0 Å². The first-order valence-electron chi connectivity index (χ1n) is 9.35. The molecule has 0 amide bonds. The van der Waals surface area contributed by atoms with Gasteiger partial charge in [0.25, 0.3) is 10.1 Å². The Balaban J connectivity index is 0.00000121. The van der Waals surface area contributed by atoms with Crippen LogP contribution in [0.3, 0.4) is 0 Å². The zero-order chi connectivity index (χ0) is 17.3. The minimum Gasteiger partial charge on any atom is -1.00 e. The van der Waals surface area contributed by atoms with Crippen molar-refractivity contribution in [1.82, 2.24) is 0 Å². The van der Waals surface area contributed by atoms with Crippen molar-refractivity contribution in [3.05, 3.63) is 11.6 Å². The fourth-order valence-corrected chi connectivity index (χ4v) is 7.46. The average molecular weight is 376 g/mol. The van der Waals surface area contributed by atoms with Gasteiger partial charge in [-0.2, -0.15) is 8.42 Å². The first kappa shape index (κ1) is 20.1. The summed E-state index contributed by atoms with van der Waals surface area (Å²) in [6, 6.07) is 0. The molecule has 0 radical (unpaired) electrons. The molecule has 0 aliphatic heterocycles. The van der Waals surface area contributed by atoms with Gasteiger partial charge in [0.05, 0.1) is 5.25 Å². The molecule has 0 aromatic rings. The van der Waals surface area contributed by atoms with Crippen LogP contribution < -0.4 is 29.6 Å². The van der Waals surface area contributed by atoms with Crippen LogP contribution >= 0.6 is 0 Å². The molecular weight excluding hydrogens is 347 g/mol. The number of rotatable bonds is 1. The van der Waals surface area contributed by atoms with Crippen molar-refractivity contribution in [2.24, 2.45) is 28.6 Å². The van der Waals surface area contributed by atoms with Crippen LogP contribution in [-0.2, 0) is 14.9 Å². The Labute approximate surface area is 174 Å². The van der Waals surface area contributed by atoms with Crippen LogP contribution in [0.1, 0.15) is 66.6 Å². The van der Waals surface area contributed by atoms with Gasteiger partial charge in [-0.05, 0) is 68.1 Å². The zero-order valence-electron chi connectivity index (χ0n) is 16.6. The monoisotopic (exact) mass is 376 g/mol. The van der Waals surface area contributed by atoms with Gasteiger partial charge in [0.15, 0.2) is 0 Å². The maximum atomic E-state index is 12.4. The summed E-state index contributed by atoms with van der Waals surface area (Å²) in [5.41, 5.74) is 1.18. The Bertz CT molecular complexity index is 721. The average Bonchev–Trinajstić information content (AvgIpc) is 2.81. The van der Waals surface area contributed by atoms with E-state index in [0.29, 0.717) is 36.4 Å². The molecule has 1 unspecified atom stereocenters. The second kappa shape index (κ2) is 6.44. The van der Waals surface area contributed by atoms with E-state index in [9.17, 15) is 17.8 Å². The third-order valence-corrected chi connectivity index (χ3v) is 9.43. The molecule has 25 heavy (non-hydrogen) atoms. The molecule has 0 saturated heterocycles. The topological polar surface area (TPSA) is 71.4 Å². The van der Waals surface area contributed by atoms with E-state index < -0.39 is 15.4 Å². The molecule has 0 spiro atoms. The summed E-state index contributed by atoms with van der Waals surface area (Å²) in [5, 5.41) is -0.629. The number of Topliss-reactive ketones (excluding diaryl/α,β-unsaturated/α-hetero) is 1. The minimum atomic E-state index is -3.95. The van der Waals surface area contributed by atoms with Gasteiger partial charge in [-0.25, -0.2) is 0 Å². The van der Waals surface area contributed by atoms with E-state index in [2.05, 4.69) is 19.9 Å². The van der Waals surface area contributed by atoms with E-state index in [1.165, 1.54) is 5.57 Å². The Morgan fingerprint density at radius 2 is 1.76 bits per heavy atom. The third kappa shape index (κ3) is 2.93. The quantitative estimate of drug-likeness (QED) is 0.419. The van der Waals surface area contributed by atoms with Crippen LogP contribution in [0.2, 0.25) is 0 Å². The predicted octanol–water partition coefficient (Wildman–Crippen LogP) is 0.891. The van der Waals surface area contributed by atoms with Crippen LogP contribution in [-0.4, -0.2) is 24.0 Å². The Morgan fingerprint density at radius 3 is 2.44 bits per heavy atom. The SMILES string of the molecule is C[C@]12CCC(S(=O)(=O)O)CC1=CC[C@@H]1[C@H]2CC[C@]2(C)C(=O)CC[C@@H]12.[H-].[Na+]. The van der Waals surface area contributed by atoms with E-state index in [4.69, 9.17) is 0 Å². The smallest absolute Gasteiger partial charge is 1.00 e. The van der Waals surface area contributed by atoms with E-state index in [1.807, 2.05) is 0 Å². The molecule has 0 aromatic carbocycles. The van der Waals surface area contributed by atoms with Gasteiger partial charge in [0.2, 0.25) is 0 Å². The van der Waals surface area contributed by atoms with Crippen molar-refractivity contribution in [2.45, 2.75) is 70.5 Å². The first-order chi connectivity index (χ1) is 11.2. The molecular formula is C19H29NaO4S. The molecule has 0 heterocycles. The normalized spacial score (nSPS) is 46.4. The summed E-state index contributed by atoms with van der Waals surface area (Å²) >= 11 is 0. The summed E-state index contributed by atoms with van der Waals surface area (Å²) < 4.78 is 32.6. The van der Waals surface area contributed by atoms with Crippen LogP contribution in [0.15, 0.2) is 11.6 Å². The van der Waals surface area contributed by atoms with Crippen molar-refractivity contribution in [1.29, 1.82) is 0 Å². The number of fused-ring (bicyclic) bond motifs is 5. The van der Waals surface area contributed by atoms with Gasteiger partial charge >= 0.3 is 29.6 Å². The number of hydrogen-bond donors (Lipinski definition) is 1. The van der Waals surface area contributed by atoms with Crippen LogP contribution in [0, 0.1) is 28.6 Å². The van der Waals surface area contributed by atoms with E-state index in [1.54, 1.807) is 0 Å². The summed E-state index contributed by atoms with van der Waals surface area (Å²) in [6.45, 7) is 4.48. The number of carbonyl (C=O) groups is 1. The molecule has 136 valence electrons. The Hall–Kier alpha value is 0.320. The van der Waals surface area contributed by atoms with Crippen LogP contribution in [0.4, 0.5) is 0 Å². The zero-order valence-corrected chi connectivity index (χ0v) is 18.4. The van der Waals surface area contributed by atoms with Crippen molar-refractivity contribution in [2.75, 3.05) is 0 Å². The predicted molar refractivity (Wildman–Crippen MR) is 93.2 cm³/mol. The van der Waals surface area contributed by atoms with Gasteiger partial charge in [0.1, 0.15) is 5.78 Å². The third-order valence-electron chi connectivity index (χ3n) is 8.19. The van der Waals surface area contributed by atoms with E-state index in [-0.39, 0.29) is 41.8 Å². The summed E-state index contributed by atoms with van der Waals surface area (Å²) in [6.07, 6.45) is 8.94. The van der Waals surface area contributed by atoms with E-state index >= 15 is 0 Å². The molecule has 6 heteroatoms. The second-order valence-electron chi connectivity index (χ2n) is 9.06. The molecule has 3 saturated carbocycles. The Morgan fingerprint density at radius 1 is 1.12 bits per heavy atom. The van der Waals surface area contributed by atoms with Gasteiger partial charge < -0.3 is 1.43 Å². The van der Waals surface area contributed by atoms with Crippen molar-refractivity contribution in [3.8, 4) is 0 Å². The molecule has 3 fully saturated rings. The molecule has 0 bridgehead atoms. The summed E-state index contributed by atoms with van der Waals surface area (Å²) in [4.78, 5) is 12.4. The number of ketones is 1. The van der Waals surface area contributed by atoms with Gasteiger partial charge in [-0.1, -0.05) is 25.5 Å². The molecule has 4 aliphatic rings. The maximum Gasteiger partial charge on any atom is 1.00 e. The van der Waals surface area contributed by atoms with Gasteiger partial charge in [-0.3, -0.25) is 9.35 Å². The molecule has 1 N–H and O–H groups in total. The first-order valence-corrected chi connectivity index (χ1v) is 10.9. The molecule has 6 atom stereocenters. The maximum absolute atomic E-state index is 12.4. The fourth-order valence-electron chi connectivity index (χ4n) is 6.65. The van der Waals surface area contributed by atoms with Crippen LogP contribution in [0.5, 0.6) is 0 Å². The molecule has 4 rings (SSSR count). The van der Waals surface area contributed by atoms with Crippen LogP contribution in [0.25, 0.3) is 0 Å². The number of carbonyl (C=O) groups excluding carboxylic acids is 1. The standard InChI is InChI=1S/C19H28O4S.Na.H/c1-18-9-7-13(24(21,22)23)11-12(18)3-4-14-15-5-6-17(20)19(15,2)10-8-16(14)18;;/h3,13-16H,4-11H2,1-2H3,(H,21,22,23);;/q;+1;-1/t13?,14-,15-,16+,18-,19-;;/m0../s1. The van der Waals surface area contributed by atoms with Gasteiger partial charge in [0, 0.05) is 11.8 Å². The molecule has 4 nitrogen and oxygen atoms in total. The minimum absolute atomic E-state index is 0. The van der Waals surface area contributed by atoms with Crippen molar-refractivity contribution < 1.29 is 48.7 Å². The fraction of sp³-hybridized carbons (Fsp3) is 0.842. The summed E-state index contributed by atoms with van der Waals surface area (Å²) in [5.74, 6) is 2.08. The van der Waals surface area contributed by atoms with E-state index in [0.717, 1.165) is 38.5 Å². The molecule has 0 aromatic heterocycles. The Kier molecular flexibility index (Phi) is 5.17. The number of hydrogen-bond acceptors (Lipinski definition) is 3. The number of allylic oxidation sites excluding steroid dienone is 2.